The zero-order valence-electron chi connectivity index (χ0n) is 13.0. The number of thioether (sulfide) groups is 1. The molecule has 0 fully saturated rings. The van der Waals surface area contributed by atoms with Gasteiger partial charge in [0.05, 0.1) is 6.07 Å². The molecule has 0 heterocycles. The predicted octanol–water partition coefficient (Wildman–Crippen LogP) is 1.67. The molecule has 0 spiro atoms. The smallest absolute Gasteiger partial charge is 0.319 e. The maximum Gasteiger partial charge on any atom is 0.319 e. The van der Waals surface area contributed by atoms with Crippen LogP contribution in [0.1, 0.15) is 17.5 Å². The number of amides is 3. The largest absolute Gasteiger partial charge is 0.341 e. The molecule has 0 radical (unpaired) electrons. The van der Waals surface area contributed by atoms with Gasteiger partial charge in [-0.25, -0.2) is 4.79 Å². The number of aryl methyl sites for hydroxylation is 2. The molecule has 1 aromatic carbocycles. The molecule has 1 aliphatic carbocycles. The Morgan fingerprint density at radius 3 is 2.87 bits per heavy atom. The number of anilines is 1. The summed E-state index contributed by atoms with van der Waals surface area (Å²) < 4.78 is 0. The van der Waals surface area contributed by atoms with Gasteiger partial charge in [-0.2, -0.15) is 17.0 Å². The second-order valence-electron chi connectivity index (χ2n) is 5.32. The van der Waals surface area contributed by atoms with Crippen molar-refractivity contribution in [2.45, 2.75) is 25.3 Å². The van der Waals surface area contributed by atoms with Crippen molar-refractivity contribution in [2.75, 3.05) is 23.9 Å². The molecule has 0 bridgehead atoms. The number of hydrogen-bond donors (Lipinski definition) is 3. The minimum atomic E-state index is -0.673. The minimum Gasteiger partial charge on any atom is -0.341 e. The molecular weight excluding hydrogens is 312 g/mol. The minimum absolute atomic E-state index is 0.0716. The molecule has 23 heavy (non-hydrogen) atoms. The summed E-state index contributed by atoms with van der Waals surface area (Å²) in [6.45, 7) is -0.0716. The third-order valence-electron chi connectivity index (χ3n) is 3.65. The second kappa shape index (κ2) is 8.44. The fourth-order valence-corrected chi connectivity index (χ4v) is 3.14. The Labute approximate surface area is 140 Å². The third-order valence-corrected chi connectivity index (χ3v) is 4.32. The number of urea groups is 1. The van der Waals surface area contributed by atoms with E-state index in [4.69, 9.17) is 5.26 Å². The van der Waals surface area contributed by atoms with Crippen molar-refractivity contribution < 1.29 is 9.59 Å². The van der Waals surface area contributed by atoms with Gasteiger partial charge in [0.15, 0.2) is 0 Å². The van der Waals surface area contributed by atoms with Gasteiger partial charge in [-0.3, -0.25) is 4.79 Å². The van der Waals surface area contributed by atoms with Gasteiger partial charge in [0.25, 0.3) is 0 Å². The van der Waals surface area contributed by atoms with Crippen molar-refractivity contribution in [1.82, 2.24) is 10.6 Å². The number of benzene rings is 1. The normalized spacial score (nSPS) is 13.6. The lowest BCUT2D eigenvalue weighted by molar-refractivity contribution is -0.122. The molecule has 3 N–H and O–H groups in total. The maximum atomic E-state index is 12.1. The quantitative estimate of drug-likeness (QED) is 0.691. The molecule has 0 aliphatic heterocycles. The molecule has 1 atom stereocenters. The predicted molar refractivity (Wildman–Crippen MR) is 91.4 cm³/mol. The zero-order valence-corrected chi connectivity index (χ0v) is 13.8. The molecule has 1 unspecified atom stereocenters. The number of nitrogens with zero attached hydrogens (tertiary/aromatic N) is 1. The molecule has 3 amide bonds. The van der Waals surface area contributed by atoms with Gasteiger partial charge >= 0.3 is 6.03 Å². The van der Waals surface area contributed by atoms with Gasteiger partial charge < -0.3 is 16.0 Å². The van der Waals surface area contributed by atoms with Crippen molar-refractivity contribution in [1.29, 1.82) is 5.26 Å². The zero-order chi connectivity index (χ0) is 16.7. The van der Waals surface area contributed by atoms with E-state index in [1.165, 1.54) is 22.9 Å². The van der Waals surface area contributed by atoms with E-state index < -0.39 is 12.1 Å². The summed E-state index contributed by atoms with van der Waals surface area (Å²) in [4.78, 5) is 24.0. The van der Waals surface area contributed by atoms with Crippen LogP contribution in [0.25, 0.3) is 0 Å². The Morgan fingerprint density at radius 1 is 1.35 bits per heavy atom. The van der Waals surface area contributed by atoms with Crippen molar-refractivity contribution in [3.05, 3.63) is 29.3 Å². The monoisotopic (exact) mass is 332 g/mol. The van der Waals surface area contributed by atoms with Crippen LogP contribution in [0.3, 0.4) is 0 Å². The SMILES string of the molecule is CSCC(NC(=O)Nc1ccc2c(c1)CCC2)C(=O)NCC#N. The molecule has 122 valence electrons. The first-order valence-electron chi connectivity index (χ1n) is 7.47. The molecule has 0 saturated heterocycles. The van der Waals surface area contributed by atoms with Crippen LogP contribution in [0, 0.1) is 11.3 Å². The fourth-order valence-electron chi connectivity index (χ4n) is 2.57. The Kier molecular flexibility index (Phi) is 6.29. The first kappa shape index (κ1) is 17.2. The van der Waals surface area contributed by atoms with Crippen LogP contribution in [-0.4, -0.2) is 36.5 Å². The average molecular weight is 332 g/mol. The Hall–Kier alpha value is -2.20. The molecule has 2 rings (SSSR count). The van der Waals surface area contributed by atoms with E-state index >= 15 is 0 Å². The Morgan fingerprint density at radius 2 is 2.13 bits per heavy atom. The van der Waals surface area contributed by atoms with E-state index in [1.807, 2.05) is 30.5 Å². The third kappa shape index (κ3) is 4.89. The van der Waals surface area contributed by atoms with Crippen LogP contribution >= 0.6 is 11.8 Å². The summed E-state index contributed by atoms with van der Waals surface area (Å²) in [6.07, 6.45) is 5.14. The highest BCUT2D eigenvalue weighted by atomic mass is 32.2. The van der Waals surface area contributed by atoms with E-state index in [0.717, 1.165) is 24.9 Å². The lowest BCUT2D eigenvalue weighted by atomic mass is 10.1. The lowest BCUT2D eigenvalue weighted by Crippen LogP contribution is -2.49. The van der Waals surface area contributed by atoms with E-state index in [2.05, 4.69) is 16.0 Å². The molecular formula is C16H20N4O2S. The van der Waals surface area contributed by atoms with Crippen molar-refractivity contribution in [2.24, 2.45) is 0 Å². The highest BCUT2D eigenvalue weighted by Gasteiger charge is 2.20. The van der Waals surface area contributed by atoms with Gasteiger partial charge in [-0.15, -0.1) is 0 Å². The molecule has 6 nitrogen and oxygen atoms in total. The second-order valence-corrected chi connectivity index (χ2v) is 6.23. The van der Waals surface area contributed by atoms with Crippen LogP contribution in [0.5, 0.6) is 0 Å². The Bertz CT molecular complexity index is 627. The summed E-state index contributed by atoms with van der Waals surface area (Å²) in [5, 5.41) is 16.4. The van der Waals surface area contributed by atoms with Crippen molar-refractivity contribution in [3.63, 3.8) is 0 Å². The molecule has 1 aliphatic rings. The summed E-state index contributed by atoms with van der Waals surface area (Å²) in [5.41, 5.74) is 3.34. The topological polar surface area (TPSA) is 94.0 Å². The van der Waals surface area contributed by atoms with E-state index in [-0.39, 0.29) is 12.5 Å². The Balaban J connectivity index is 1.93. The van der Waals surface area contributed by atoms with Crippen LogP contribution < -0.4 is 16.0 Å². The number of nitrogens with one attached hydrogen (secondary N) is 3. The van der Waals surface area contributed by atoms with Gasteiger partial charge in [0.2, 0.25) is 5.91 Å². The summed E-state index contributed by atoms with van der Waals surface area (Å²) in [6, 6.07) is 6.65. The molecule has 0 saturated carbocycles. The van der Waals surface area contributed by atoms with E-state index in [1.54, 1.807) is 0 Å². The molecule has 0 aromatic heterocycles. The van der Waals surface area contributed by atoms with Crippen LogP contribution in [0.2, 0.25) is 0 Å². The molecule has 1 aromatic rings. The lowest BCUT2D eigenvalue weighted by Gasteiger charge is -2.17. The van der Waals surface area contributed by atoms with Crippen LogP contribution in [0.15, 0.2) is 18.2 Å². The number of hydrogen-bond acceptors (Lipinski definition) is 4. The van der Waals surface area contributed by atoms with Gasteiger partial charge in [0, 0.05) is 11.4 Å². The average Bonchev–Trinajstić information content (AvgIpc) is 2.99. The van der Waals surface area contributed by atoms with Gasteiger partial charge in [0.1, 0.15) is 12.6 Å². The van der Waals surface area contributed by atoms with E-state index in [9.17, 15) is 9.59 Å². The van der Waals surface area contributed by atoms with Gasteiger partial charge in [-0.05, 0) is 48.8 Å². The summed E-state index contributed by atoms with van der Waals surface area (Å²) in [5.74, 6) is 0.0829. The first-order valence-corrected chi connectivity index (χ1v) is 8.86. The number of fused-ring (bicyclic) bond motifs is 1. The van der Waals surface area contributed by atoms with E-state index in [0.29, 0.717) is 5.75 Å². The van der Waals surface area contributed by atoms with Crippen molar-refractivity contribution in [3.8, 4) is 6.07 Å². The fraction of sp³-hybridized carbons (Fsp3) is 0.438. The van der Waals surface area contributed by atoms with Gasteiger partial charge in [-0.1, -0.05) is 6.07 Å². The highest BCUT2D eigenvalue weighted by molar-refractivity contribution is 7.98. The number of nitriles is 1. The maximum absolute atomic E-state index is 12.1. The summed E-state index contributed by atoms with van der Waals surface area (Å²) in [7, 11) is 0. The number of carbonyl (C=O) groups is 2. The summed E-state index contributed by atoms with van der Waals surface area (Å²) >= 11 is 1.45. The molecule has 7 heteroatoms. The number of rotatable bonds is 6. The first-order chi connectivity index (χ1) is 11.1. The standard InChI is InChI=1S/C16H20N4O2S/c1-23-10-14(15(21)18-8-7-17)20-16(22)19-13-6-5-11-3-2-4-12(11)9-13/h5-6,9,14H,2-4,8,10H2,1H3,(H,18,21)(H2,19,20,22). The number of carbonyl (C=O) groups excluding carboxylic acids is 2. The van der Waals surface area contributed by atoms with Crippen molar-refractivity contribution >= 4 is 29.4 Å². The highest BCUT2D eigenvalue weighted by Crippen LogP contribution is 2.24. The van der Waals surface area contributed by atoms with Crippen LogP contribution in [-0.2, 0) is 17.6 Å². The van der Waals surface area contributed by atoms with Crippen LogP contribution in [0.4, 0.5) is 10.5 Å².